The Morgan fingerprint density at radius 1 is 1.71 bits per heavy atom. The molecule has 0 saturated carbocycles. The molecule has 0 bridgehead atoms. The second-order valence-electron chi connectivity index (χ2n) is 3.90. The Hall–Kier alpha value is -0.610. The van der Waals surface area contributed by atoms with Gasteiger partial charge in [0.15, 0.2) is 0 Å². The van der Waals surface area contributed by atoms with Crippen LogP contribution in [0.15, 0.2) is 0 Å². The monoisotopic (exact) mass is 200 g/mol. The first-order valence-electron chi connectivity index (χ1n) is 5.21. The van der Waals surface area contributed by atoms with Crippen LogP contribution in [0.5, 0.6) is 0 Å². The summed E-state index contributed by atoms with van der Waals surface area (Å²) in [5.41, 5.74) is 5.70. The molecule has 0 aromatic rings. The Balaban J connectivity index is 2.55. The van der Waals surface area contributed by atoms with Gasteiger partial charge in [-0.3, -0.25) is 4.79 Å². The van der Waals surface area contributed by atoms with Crippen molar-refractivity contribution >= 4 is 5.91 Å². The van der Waals surface area contributed by atoms with Gasteiger partial charge in [-0.05, 0) is 19.8 Å². The van der Waals surface area contributed by atoms with Crippen molar-refractivity contribution in [3.63, 3.8) is 0 Å². The van der Waals surface area contributed by atoms with Crippen LogP contribution in [0.2, 0.25) is 0 Å². The maximum Gasteiger partial charge on any atom is 0.239 e. The van der Waals surface area contributed by atoms with E-state index in [4.69, 9.17) is 10.5 Å². The number of carbonyl (C=O) groups is 1. The highest BCUT2D eigenvalue weighted by molar-refractivity contribution is 5.81. The standard InChI is InChI=1S/C10H20N2O2/c1-4-8(11)10(13)12(3)9-5-6-14-7(9)2/h7-9H,4-6,11H2,1-3H3. The Bertz CT molecular complexity index is 208. The predicted molar refractivity (Wildman–Crippen MR) is 54.9 cm³/mol. The van der Waals surface area contributed by atoms with Crippen LogP contribution in [-0.2, 0) is 9.53 Å². The Morgan fingerprint density at radius 2 is 2.36 bits per heavy atom. The van der Waals surface area contributed by atoms with Crippen molar-refractivity contribution in [1.82, 2.24) is 4.90 Å². The molecule has 0 radical (unpaired) electrons. The molecular formula is C10H20N2O2. The van der Waals surface area contributed by atoms with Crippen LogP contribution >= 0.6 is 0 Å². The van der Waals surface area contributed by atoms with Gasteiger partial charge >= 0.3 is 0 Å². The van der Waals surface area contributed by atoms with Gasteiger partial charge < -0.3 is 15.4 Å². The number of nitrogens with two attached hydrogens (primary N) is 1. The van der Waals surface area contributed by atoms with Crippen molar-refractivity contribution in [2.24, 2.45) is 5.73 Å². The number of amides is 1. The first-order chi connectivity index (χ1) is 6.57. The molecule has 1 heterocycles. The number of carbonyl (C=O) groups excluding carboxylic acids is 1. The third kappa shape index (κ3) is 2.25. The van der Waals surface area contributed by atoms with Gasteiger partial charge in [0.2, 0.25) is 5.91 Å². The van der Waals surface area contributed by atoms with Crippen molar-refractivity contribution in [3.05, 3.63) is 0 Å². The van der Waals surface area contributed by atoms with Gasteiger partial charge in [-0.2, -0.15) is 0 Å². The molecule has 1 amide bonds. The smallest absolute Gasteiger partial charge is 0.239 e. The number of likely N-dealkylation sites (N-methyl/N-ethyl adjacent to an activating group) is 1. The summed E-state index contributed by atoms with van der Waals surface area (Å²) in [7, 11) is 1.81. The van der Waals surface area contributed by atoms with Crippen LogP contribution < -0.4 is 5.73 Å². The zero-order valence-electron chi connectivity index (χ0n) is 9.19. The molecule has 4 nitrogen and oxygen atoms in total. The maximum atomic E-state index is 11.8. The quantitative estimate of drug-likeness (QED) is 0.715. The highest BCUT2D eigenvalue weighted by Crippen LogP contribution is 2.18. The molecular weight excluding hydrogens is 180 g/mol. The fourth-order valence-corrected chi connectivity index (χ4v) is 1.83. The lowest BCUT2D eigenvalue weighted by molar-refractivity contribution is -0.134. The van der Waals surface area contributed by atoms with E-state index in [1.807, 2.05) is 20.9 Å². The highest BCUT2D eigenvalue weighted by atomic mass is 16.5. The van der Waals surface area contributed by atoms with E-state index in [1.165, 1.54) is 0 Å². The number of ether oxygens (including phenoxy) is 1. The second kappa shape index (κ2) is 4.75. The summed E-state index contributed by atoms with van der Waals surface area (Å²) in [6.45, 7) is 4.66. The van der Waals surface area contributed by atoms with Gasteiger partial charge in [-0.1, -0.05) is 6.92 Å². The summed E-state index contributed by atoms with van der Waals surface area (Å²) >= 11 is 0. The minimum atomic E-state index is -0.368. The van der Waals surface area contributed by atoms with E-state index in [0.717, 1.165) is 13.0 Å². The molecule has 0 aliphatic carbocycles. The summed E-state index contributed by atoms with van der Waals surface area (Å²) in [6, 6.07) is -0.173. The van der Waals surface area contributed by atoms with Gasteiger partial charge in [0.25, 0.3) is 0 Å². The van der Waals surface area contributed by atoms with Gasteiger partial charge in [-0.25, -0.2) is 0 Å². The molecule has 82 valence electrons. The van der Waals surface area contributed by atoms with E-state index >= 15 is 0 Å². The molecule has 3 atom stereocenters. The van der Waals surface area contributed by atoms with Crippen molar-refractivity contribution in [3.8, 4) is 0 Å². The van der Waals surface area contributed by atoms with Gasteiger partial charge in [0.05, 0.1) is 18.2 Å². The molecule has 14 heavy (non-hydrogen) atoms. The van der Waals surface area contributed by atoms with Crippen LogP contribution in [-0.4, -0.2) is 42.6 Å². The van der Waals surface area contributed by atoms with Crippen LogP contribution in [0.25, 0.3) is 0 Å². The third-order valence-electron chi connectivity index (χ3n) is 2.94. The van der Waals surface area contributed by atoms with Gasteiger partial charge in [0, 0.05) is 13.7 Å². The molecule has 1 aliphatic rings. The fourth-order valence-electron chi connectivity index (χ4n) is 1.83. The Kier molecular flexibility index (Phi) is 3.89. The van der Waals surface area contributed by atoms with Gasteiger partial charge in [0.1, 0.15) is 0 Å². The molecule has 1 aliphatic heterocycles. The molecule has 0 spiro atoms. The summed E-state index contributed by atoms with van der Waals surface area (Å²) in [6.07, 6.45) is 1.73. The predicted octanol–water partition coefficient (Wildman–Crippen LogP) is 0.359. The normalized spacial score (nSPS) is 28.9. The Labute approximate surface area is 85.4 Å². The second-order valence-corrected chi connectivity index (χ2v) is 3.90. The van der Waals surface area contributed by atoms with E-state index in [0.29, 0.717) is 6.42 Å². The maximum absolute atomic E-state index is 11.8. The lowest BCUT2D eigenvalue weighted by atomic mass is 10.1. The molecule has 3 unspecified atom stereocenters. The number of rotatable bonds is 3. The fraction of sp³-hybridized carbons (Fsp3) is 0.900. The van der Waals surface area contributed by atoms with Crippen LogP contribution in [0, 0.1) is 0 Å². The van der Waals surface area contributed by atoms with E-state index in [-0.39, 0.29) is 24.1 Å². The van der Waals surface area contributed by atoms with Crippen molar-refractivity contribution in [1.29, 1.82) is 0 Å². The summed E-state index contributed by atoms with van der Waals surface area (Å²) in [5.74, 6) is 0.0230. The van der Waals surface area contributed by atoms with Crippen LogP contribution in [0.1, 0.15) is 26.7 Å². The minimum Gasteiger partial charge on any atom is -0.376 e. The van der Waals surface area contributed by atoms with E-state index in [9.17, 15) is 4.79 Å². The first kappa shape index (κ1) is 11.5. The Morgan fingerprint density at radius 3 is 2.79 bits per heavy atom. The average molecular weight is 200 g/mol. The molecule has 0 aromatic heterocycles. The zero-order valence-corrected chi connectivity index (χ0v) is 9.19. The molecule has 4 heteroatoms. The van der Waals surface area contributed by atoms with E-state index in [2.05, 4.69) is 0 Å². The number of hydrogen-bond acceptors (Lipinski definition) is 3. The molecule has 2 N–H and O–H groups in total. The zero-order chi connectivity index (χ0) is 10.7. The number of nitrogens with zero attached hydrogens (tertiary/aromatic N) is 1. The average Bonchev–Trinajstić information content (AvgIpc) is 2.61. The minimum absolute atomic E-state index is 0.0230. The van der Waals surface area contributed by atoms with Crippen molar-refractivity contribution in [2.45, 2.75) is 44.9 Å². The summed E-state index contributed by atoms with van der Waals surface area (Å²) < 4.78 is 5.42. The topological polar surface area (TPSA) is 55.6 Å². The first-order valence-corrected chi connectivity index (χ1v) is 5.21. The SMILES string of the molecule is CCC(N)C(=O)N(C)C1CCOC1C. The van der Waals surface area contributed by atoms with Crippen molar-refractivity contribution in [2.75, 3.05) is 13.7 Å². The summed E-state index contributed by atoms with van der Waals surface area (Å²) in [5, 5.41) is 0. The number of hydrogen-bond donors (Lipinski definition) is 1. The lowest BCUT2D eigenvalue weighted by Crippen LogP contribution is -2.48. The third-order valence-corrected chi connectivity index (χ3v) is 2.94. The molecule has 0 aromatic carbocycles. The van der Waals surface area contributed by atoms with Gasteiger partial charge in [-0.15, -0.1) is 0 Å². The van der Waals surface area contributed by atoms with Crippen LogP contribution in [0.3, 0.4) is 0 Å². The van der Waals surface area contributed by atoms with E-state index in [1.54, 1.807) is 4.90 Å². The lowest BCUT2D eigenvalue weighted by Gasteiger charge is -2.28. The van der Waals surface area contributed by atoms with Crippen molar-refractivity contribution < 1.29 is 9.53 Å². The largest absolute Gasteiger partial charge is 0.376 e. The molecule has 1 saturated heterocycles. The van der Waals surface area contributed by atoms with Crippen LogP contribution in [0.4, 0.5) is 0 Å². The summed E-state index contributed by atoms with van der Waals surface area (Å²) in [4.78, 5) is 13.5. The highest BCUT2D eigenvalue weighted by Gasteiger charge is 2.31. The molecule has 1 fully saturated rings. The van der Waals surface area contributed by atoms with E-state index < -0.39 is 0 Å². The molecule has 1 rings (SSSR count).